The Balaban J connectivity index is -0.0000000910. The highest BCUT2D eigenvalue weighted by Crippen LogP contribution is 1.57. The minimum Gasteiger partial charge on any atom is -1.00 e. The molecule has 0 aliphatic heterocycles. The van der Waals surface area contributed by atoms with Gasteiger partial charge in [0.2, 0.25) is 0 Å². The summed E-state index contributed by atoms with van der Waals surface area (Å²) in [6, 6.07) is 0. The van der Waals surface area contributed by atoms with Crippen LogP contribution in [-0.4, -0.2) is 22.6 Å². The van der Waals surface area contributed by atoms with E-state index in [2.05, 4.69) is 0 Å². The summed E-state index contributed by atoms with van der Waals surface area (Å²) < 4.78 is 34.1. The topological polar surface area (TPSA) is 146 Å². The molecule has 0 radical (unpaired) electrons. The molecule has 0 unspecified atom stereocenters. The van der Waals surface area contributed by atoms with Crippen molar-refractivity contribution < 1.29 is 35.0 Å². The molecule has 0 saturated heterocycles. The maximum Gasteiger partial charge on any atom is 0.0689 e. The van der Waals surface area contributed by atoms with Gasteiger partial charge >= 0.3 is 0 Å². The van der Waals surface area contributed by atoms with Crippen molar-refractivity contribution in [3.05, 3.63) is 15.3 Å². The molecule has 0 aliphatic carbocycles. The highest BCUT2D eigenvalue weighted by atomic mass is 35.5. The van der Waals surface area contributed by atoms with E-state index < -0.39 is 15.5 Å². The molecule has 0 spiro atoms. The van der Waals surface area contributed by atoms with Crippen LogP contribution in [0.4, 0.5) is 0 Å². The first kappa shape index (κ1) is 16.2. The van der Waals surface area contributed by atoms with Crippen LogP contribution in [0.3, 0.4) is 0 Å². The van der Waals surface area contributed by atoms with Crippen LogP contribution in [0, 0.1) is 15.3 Å². The third-order valence-corrected chi connectivity index (χ3v) is 0. The number of nitrogens with zero attached hydrogens (tertiary/aromatic N) is 1. The lowest BCUT2D eigenvalue weighted by atomic mass is 13.1. The van der Waals surface area contributed by atoms with Crippen molar-refractivity contribution in [2.24, 2.45) is 0 Å². The van der Waals surface area contributed by atoms with Gasteiger partial charge in [0.1, 0.15) is 0 Å². The van der Waals surface area contributed by atoms with Crippen molar-refractivity contribution in [1.82, 2.24) is 0 Å². The normalized spacial score (nSPS) is 8.20. The maximum absolute atomic E-state index is 8.52. The van der Waals surface area contributed by atoms with Crippen LogP contribution < -0.4 is 12.4 Å². The molecule has 8 nitrogen and oxygen atoms in total. The van der Waals surface area contributed by atoms with Crippen LogP contribution in [-0.2, 0) is 10.4 Å². The number of halogens is 1. The summed E-state index contributed by atoms with van der Waals surface area (Å²) in [6.45, 7) is 0. The van der Waals surface area contributed by atoms with Crippen LogP contribution >= 0.6 is 0 Å². The zero-order valence-electron chi connectivity index (χ0n) is 4.09. The molecule has 0 bridgehead atoms. The molecule has 10 heteroatoms. The van der Waals surface area contributed by atoms with E-state index >= 15 is 0 Å². The summed E-state index contributed by atoms with van der Waals surface area (Å²) in [4.78, 5) is 8.25. The van der Waals surface area contributed by atoms with Crippen molar-refractivity contribution >= 4 is 10.4 Å². The molecule has 0 atom stereocenters. The second-order valence-corrected chi connectivity index (χ2v) is 1.45. The van der Waals surface area contributed by atoms with E-state index in [0.29, 0.717) is 0 Å². The van der Waals surface area contributed by atoms with Gasteiger partial charge in [0.15, 0.2) is 0 Å². The Morgan fingerprint density at radius 3 is 1.10 bits per heavy atom. The quantitative estimate of drug-likeness (QED) is 0.163. The predicted octanol–water partition coefficient (Wildman–Crippen LogP) is -4.57. The van der Waals surface area contributed by atoms with Crippen LogP contribution in [0.25, 0.3) is 0 Å². The summed E-state index contributed by atoms with van der Waals surface area (Å²) >= 11 is 0. The highest BCUT2D eigenvalue weighted by molar-refractivity contribution is 7.79. The first-order valence-electron chi connectivity index (χ1n) is 1.21. The fourth-order valence-electron chi connectivity index (χ4n) is 0. The van der Waals surface area contributed by atoms with Gasteiger partial charge in [-0.3, -0.25) is 8.42 Å². The van der Waals surface area contributed by atoms with Crippen molar-refractivity contribution in [1.29, 1.82) is 0 Å². The van der Waals surface area contributed by atoms with Gasteiger partial charge in [-0.15, -0.1) is 0 Å². The van der Waals surface area contributed by atoms with E-state index in [1.165, 1.54) is 0 Å². The molecule has 0 aromatic heterocycles. The Kier molecular flexibility index (Phi) is 10.5. The molecule has 0 amide bonds. The Bertz CT molecular complexity index is 156. The minimum absolute atomic E-state index is 0. The van der Waals surface area contributed by atoms with E-state index in [1.807, 2.05) is 0 Å². The molecule has 0 saturated carbocycles. The Morgan fingerprint density at radius 1 is 1.10 bits per heavy atom. The average Bonchev–Trinajstić information content (AvgIpc) is 1.19. The van der Waals surface area contributed by atoms with Gasteiger partial charge in [-0.05, 0) is 0 Å². The molecule has 64 valence electrons. The van der Waals surface area contributed by atoms with Crippen LogP contribution in [0.1, 0.15) is 0 Å². The van der Waals surface area contributed by atoms with Gasteiger partial charge < -0.3 is 36.8 Å². The van der Waals surface area contributed by atoms with E-state index in [-0.39, 0.29) is 12.4 Å². The summed E-state index contributed by atoms with van der Waals surface area (Å²) in [5, 5.41) is 14.8. The third-order valence-electron chi connectivity index (χ3n) is 0. The van der Waals surface area contributed by atoms with Crippen LogP contribution in [0.15, 0.2) is 0 Å². The van der Waals surface area contributed by atoms with Gasteiger partial charge in [-0.2, -0.15) is 0 Å². The van der Waals surface area contributed by atoms with Crippen LogP contribution in [0.5, 0.6) is 0 Å². The van der Waals surface area contributed by atoms with Crippen molar-refractivity contribution in [3.63, 3.8) is 0 Å². The zero-order chi connectivity index (χ0) is 8.08. The lowest BCUT2D eigenvalue weighted by Gasteiger charge is -2.06. The van der Waals surface area contributed by atoms with E-state index in [1.54, 1.807) is 0 Å². The summed E-state index contributed by atoms with van der Waals surface area (Å²) in [7, 11) is -5.17. The molecule has 0 aromatic carbocycles. The first-order chi connectivity index (χ1) is 3.73. The van der Waals surface area contributed by atoms with Crippen molar-refractivity contribution in [2.75, 3.05) is 0 Å². The second kappa shape index (κ2) is 6.48. The Morgan fingerprint density at radius 2 is 1.10 bits per heavy atom. The molecule has 10 heavy (non-hydrogen) atoms. The second-order valence-electron chi connectivity index (χ2n) is 0.632. The highest BCUT2D eigenvalue weighted by Gasteiger charge is 1.49. The lowest BCUT2D eigenvalue weighted by molar-refractivity contribution is -0.402. The van der Waals surface area contributed by atoms with Gasteiger partial charge in [-0.1, -0.05) is 0 Å². The molecule has 0 rings (SSSR count). The molecule has 0 fully saturated rings. The standard InChI is InChI=1S/ClH.NO3.H2O4S/c;2-1(3)4;1-5(2,3)4/h1H;;(H2,1,2,3,4)/q;-1;/p-3. The molecule has 0 aliphatic rings. The molecule has 0 N–H and O–H groups in total. The van der Waals surface area contributed by atoms with E-state index in [4.69, 9.17) is 32.8 Å². The first-order valence-corrected chi connectivity index (χ1v) is 2.55. The fourth-order valence-corrected chi connectivity index (χ4v) is 0. The largest absolute Gasteiger partial charge is 1.00 e. The average molecular weight is 194 g/mol. The lowest BCUT2D eigenvalue weighted by Crippen LogP contribution is -3.00. The molecular formula is ClNO7S-4. The van der Waals surface area contributed by atoms with Crippen molar-refractivity contribution in [3.8, 4) is 0 Å². The van der Waals surface area contributed by atoms with Gasteiger partial charge in [0, 0.05) is 10.4 Å². The summed E-state index contributed by atoms with van der Waals surface area (Å²) in [5.74, 6) is 0. The SMILES string of the molecule is O=S(=O)([O-])[O-].O=[N+]([O-])[O-].[Cl-]. The predicted molar refractivity (Wildman–Crippen MR) is 20.8 cm³/mol. The summed E-state index contributed by atoms with van der Waals surface area (Å²) in [5.41, 5.74) is 0. The monoisotopic (exact) mass is 193 g/mol. The molecular weight excluding hydrogens is 194 g/mol. The molecule has 0 aromatic rings. The van der Waals surface area contributed by atoms with Crippen molar-refractivity contribution in [2.45, 2.75) is 0 Å². The third kappa shape index (κ3) is 727. The van der Waals surface area contributed by atoms with E-state index in [9.17, 15) is 0 Å². The zero-order valence-corrected chi connectivity index (χ0v) is 5.66. The minimum atomic E-state index is -5.17. The smallest absolute Gasteiger partial charge is 0.0689 e. The van der Waals surface area contributed by atoms with E-state index in [0.717, 1.165) is 0 Å². The van der Waals surface area contributed by atoms with Gasteiger partial charge in [-0.25, -0.2) is 0 Å². The number of rotatable bonds is 0. The Hall–Kier alpha value is -0.640. The van der Waals surface area contributed by atoms with Crippen LogP contribution in [0.2, 0.25) is 0 Å². The maximum atomic E-state index is 8.52. The van der Waals surface area contributed by atoms with Gasteiger partial charge in [0.05, 0.1) is 5.09 Å². The number of hydrogen-bond donors (Lipinski definition) is 0. The Labute approximate surface area is 61.6 Å². The van der Waals surface area contributed by atoms with Gasteiger partial charge in [0.25, 0.3) is 0 Å². The summed E-state index contributed by atoms with van der Waals surface area (Å²) in [6.07, 6.45) is 0. The number of hydrogen-bond acceptors (Lipinski definition) is 7. The fraction of sp³-hybridized carbons (Fsp3) is 0. The molecule has 0 heterocycles.